The van der Waals surface area contributed by atoms with E-state index in [0.29, 0.717) is 5.82 Å². The summed E-state index contributed by atoms with van der Waals surface area (Å²) in [4.78, 5) is 55.1. The molecule has 3 unspecified atom stereocenters. The Labute approximate surface area is 335 Å². The summed E-state index contributed by atoms with van der Waals surface area (Å²) in [6, 6.07) is 2.62. The van der Waals surface area contributed by atoms with Crippen LogP contribution in [0.25, 0.3) is 11.2 Å². The predicted octanol–water partition coefficient (Wildman–Crippen LogP) is 4.28. The highest BCUT2D eigenvalue weighted by Gasteiger charge is 2.57. The maximum Gasteiger partial charge on any atom is 0.512 e. The molecule has 10 atom stereocenters. The molecule has 5 N–H and O–H groups in total. The topological polar surface area (TPSA) is 258 Å². The number of hydrogen-bond donors (Lipinski definition) is 5. The number of halogens is 1. The van der Waals surface area contributed by atoms with Gasteiger partial charge in [0, 0.05) is 18.0 Å². The molecule has 1 aliphatic carbocycles. The van der Waals surface area contributed by atoms with Crippen LogP contribution < -0.4 is 16.2 Å². The minimum Gasteiger partial charge on any atom is -0.408 e. The van der Waals surface area contributed by atoms with E-state index in [-0.39, 0.29) is 48.2 Å². The first-order chi connectivity index (χ1) is 26.8. The zero-order chi connectivity index (χ0) is 41.9. The Hall–Kier alpha value is -3.19. The van der Waals surface area contributed by atoms with Gasteiger partial charge < -0.3 is 28.6 Å². The lowest BCUT2D eigenvalue weighted by molar-refractivity contribution is -0.118. The van der Waals surface area contributed by atoms with Crippen LogP contribution >= 0.6 is 14.7 Å². The van der Waals surface area contributed by atoms with Crippen LogP contribution in [0.15, 0.2) is 29.7 Å². The number of imidazole rings is 1. The molecule has 0 bridgehead atoms. The fourth-order valence-electron chi connectivity index (χ4n) is 6.19. The molecule has 3 aromatic heterocycles. The Bertz CT molecular complexity index is 2050. The molecule has 1 saturated carbocycles. The molecular weight excluding hydrogens is 824 g/mol. The number of H-pyrrole nitrogens is 1. The smallest absolute Gasteiger partial charge is 0.408 e. The number of carbonyl (C=O) groups excluding carboxylic acids is 1. The van der Waals surface area contributed by atoms with Gasteiger partial charge in [-0.05, 0) is 47.0 Å². The minimum absolute atomic E-state index is 0.00236. The average Bonchev–Trinajstić information content (AvgIpc) is 3.80. The third-order valence-electron chi connectivity index (χ3n) is 10.3. The van der Waals surface area contributed by atoms with E-state index < -0.39 is 95.4 Å². The monoisotopic (exact) mass is 872 g/mol. The second kappa shape index (κ2) is 18.4. The molecule has 19 nitrogen and oxygen atoms in total. The first-order valence-corrected chi connectivity index (χ1v) is 25.0. The van der Waals surface area contributed by atoms with Crippen molar-refractivity contribution in [2.24, 2.45) is 11.8 Å². The number of alkyl halides is 1. The van der Waals surface area contributed by atoms with Crippen LogP contribution in [0.1, 0.15) is 53.7 Å². The summed E-state index contributed by atoms with van der Waals surface area (Å²) in [5.74, 6) is -1.48. The van der Waals surface area contributed by atoms with Crippen molar-refractivity contribution in [3.05, 3.63) is 35.3 Å². The summed E-state index contributed by atoms with van der Waals surface area (Å²) >= 11 is 5.96. The highest BCUT2D eigenvalue weighted by molar-refractivity contribution is 8.07. The standard InChI is InChI=1S/C33H48FN9O10P2SSi/c1-18(2)29(45)41-32-40-28-24(30(46)42-32)38-17-43(28)31-26(25(21(14-44)51-31)53-57(6,7)33(3,4)5)52-55(56,49-12-8-10-35)50-15-19-13-20(23(34)27(19)54(47)48)39-22-9-11-36-16-37-22/h9,11,16-21,23,25-27,31,44H,8,12-15H2,1-7H3,(H3-,36,37,39,40,41,42,45,46,47,48)/p+1/t19-,20-,21-,23+,25?,26-,27-,31-,55?/m1/s1. The molecule has 1 saturated heterocycles. The van der Waals surface area contributed by atoms with Crippen LogP contribution in [0, 0.1) is 23.2 Å². The first kappa shape index (κ1) is 44.9. The lowest BCUT2D eigenvalue weighted by atomic mass is 10.1. The van der Waals surface area contributed by atoms with E-state index in [1.54, 1.807) is 19.9 Å². The number of nitriles is 1. The molecule has 312 valence electrons. The van der Waals surface area contributed by atoms with Crippen molar-refractivity contribution in [1.29, 1.82) is 5.26 Å². The zero-order valence-corrected chi connectivity index (χ0v) is 36.2. The number of nitrogens with one attached hydrogen (secondary N) is 3. The lowest BCUT2D eigenvalue weighted by Crippen LogP contribution is -2.50. The van der Waals surface area contributed by atoms with E-state index in [4.69, 9.17) is 34.5 Å². The molecule has 57 heavy (non-hydrogen) atoms. The molecule has 2 aliphatic rings. The van der Waals surface area contributed by atoms with Crippen LogP contribution in [-0.2, 0) is 43.9 Å². The van der Waals surface area contributed by atoms with Gasteiger partial charge >= 0.3 is 14.7 Å². The molecule has 3 aromatic rings. The number of anilines is 2. The fraction of sp³-hybridized carbons (Fsp3) is 0.667. The Balaban J connectivity index is 1.53. The van der Waals surface area contributed by atoms with Gasteiger partial charge in [-0.2, -0.15) is 15.1 Å². The Morgan fingerprint density at radius 2 is 2.04 bits per heavy atom. The van der Waals surface area contributed by atoms with Gasteiger partial charge in [0.15, 0.2) is 31.9 Å². The summed E-state index contributed by atoms with van der Waals surface area (Å²) in [5, 5.41) is 25.2. The van der Waals surface area contributed by atoms with Gasteiger partial charge in [0.05, 0.1) is 44.7 Å². The maximum atomic E-state index is 15.8. The largest absolute Gasteiger partial charge is 0.512 e. The number of aliphatic hydroxyl groups is 1. The highest BCUT2D eigenvalue weighted by Crippen LogP contribution is 2.57. The first-order valence-electron chi connectivity index (χ1n) is 18.3. The van der Waals surface area contributed by atoms with Gasteiger partial charge in [0.1, 0.15) is 30.5 Å². The minimum atomic E-state index is -4.01. The van der Waals surface area contributed by atoms with Crippen LogP contribution in [0.4, 0.5) is 16.2 Å². The molecule has 1 aliphatic heterocycles. The molecule has 1 amide bonds. The van der Waals surface area contributed by atoms with E-state index in [1.165, 1.54) is 23.4 Å². The summed E-state index contributed by atoms with van der Waals surface area (Å²) in [6.07, 6.45) is -2.28. The van der Waals surface area contributed by atoms with Crippen LogP contribution in [-0.4, -0.2) is 110 Å². The van der Waals surface area contributed by atoms with Gasteiger partial charge in [0.25, 0.3) is 5.56 Å². The van der Waals surface area contributed by atoms with Crippen molar-refractivity contribution in [2.45, 2.75) is 108 Å². The number of hydrogen-bond acceptors (Lipinski definition) is 16. The summed E-state index contributed by atoms with van der Waals surface area (Å²) in [6.45, 7) is 8.29. The molecule has 0 aromatic carbocycles. The number of aliphatic hydroxyl groups excluding tert-OH is 1. The third kappa shape index (κ3) is 10.3. The Morgan fingerprint density at radius 1 is 1.30 bits per heavy atom. The van der Waals surface area contributed by atoms with Crippen molar-refractivity contribution in [3.63, 3.8) is 0 Å². The quantitative estimate of drug-likeness (QED) is 0.0720. The molecule has 24 heteroatoms. The van der Waals surface area contributed by atoms with Crippen molar-refractivity contribution in [2.75, 3.05) is 30.5 Å². The number of aromatic nitrogens is 6. The lowest BCUT2D eigenvalue weighted by Gasteiger charge is -2.41. The number of rotatable bonds is 17. The van der Waals surface area contributed by atoms with Crippen LogP contribution in [0.2, 0.25) is 18.1 Å². The van der Waals surface area contributed by atoms with E-state index in [9.17, 15) is 29.4 Å². The summed E-state index contributed by atoms with van der Waals surface area (Å²) < 4.78 is 61.8. The number of carbonyl (C=O) groups is 1. The van der Waals surface area contributed by atoms with E-state index >= 15 is 4.39 Å². The molecule has 4 heterocycles. The Morgan fingerprint density at radius 3 is 2.65 bits per heavy atom. The number of fused-ring (bicyclic) bond motifs is 1. The molecule has 0 spiro atoms. The third-order valence-corrected chi connectivity index (χ3v) is 18.3. The number of nitrogens with zero attached hydrogens (tertiary/aromatic N) is 6. The van der Waals surface area contributed by atoms with Crippen molar-refractivity contribution < 1.29 is 46.5 Å². The SMILES string of the molecule is CC(C)C(=O)Nc1nc2c(ncn2[C@@H]2O[C@H](CO)C(O[Si](C)(C)C(C)(C)C)[C@H]2OP(=S)(OCCC#N)OC[C@H]2C[C@@H](Nc3ccncn3)[C@H](F)[C@@H]2[P+](=O)O)c(=O)[nH]1. The van der Waals surface area contributed by atoms with Crippen LogP contribution in [0.3, 0.4) is 0 Å². The van der Waals surface area contributed by atoms with E-state index in [0.717, 1.165) is 0 Å². The summed E-state index contributed by atoms with van der Waals surface area (Å²) in [5.41, 5.74) is -2.09. The van der Waals surface area contributed by atoms with Gasteiger partial charge in [-0.3, -0.25) is 29.0 Å². The highest BCUT2D eigenvalue weighted by atomic mass is 32.5. The van der Waals surface area contributed by atoms with Crippen molar-refractivity contribution in [1.82, 2.24) is 29.5 Å². The van der Waals surface area contributed by atoms with Crippen molar-refractivity contribution in [3.8, 4) is 6.07 Å². The zero-order valence-electron chi connectivity index (χ0n) is 32.6. The van der Waals surface area contributed by atoms with Gasteiger partial charge in [0.2, 0.25) is 17.5 Å². The van der Waals surface area contributed by atoms with Crippen LogP contribution in [0.5, 0.6) is 0 Å². The fourth-order valence-corrected chi connectivity index (χ4v) is 10.6. The predicted molar refractivity (Wildman–Crippen MR) is 212 cm³/mol. The maximum absolute atomic E-state index is 15.8. The normalized spacial score (nSPS) is 26.7. The van der Waals surface area contributed by atoms with Gasteiger partial charge in [-0.1, -0.05) is 34.6 Å². The number of amides is 1. The van der Waals surface area contributed by atoms with Gasteiger partial charge in [-0.15, -0.1) is 0 Å². The molecule has 2 fully saturated rings. The second-order valence-electron chi connectivity index (χ2n) is 15.6. The average molecular weight is 873 g/mol. The van der Waals surface area contributed by atoms with Gasteiger partial charge in [-0.25, -0.2) is 19.3 Å². The molecule has 0 radical (unpaired) electrons. The second-order valence-corrected chi connectivity index (χ2v) is 24.5. The number of ether oxygens (including phenoxy) is 1. The molecule has 5 rings (SSSR count). The van der Waals surface area contributed by atoms with E-state index in [2.05, 4.69) is 35.6 Å². The van der Waals surface area contributed by atoms with E-state index in [1.807, 2.05) is 39.9 Å². The van der Waals surface area contributed by atoms with Crippen molar-refractivity contribution >= 4 is 63.7 Å². The molecular formula is C33H49FN9O10P2SSi+. The summed E-state index contributed by atoms with van der Waals surface area (Å²) in [7, 11) is -5.70. The number of aromatic amines is 1. The Kier molecular flexibility index (Phi) is 14.5.